The van der Waals surface area contributed by atoms with Crippen molar-refractivity contribution in [2.75, 3.05) is 18.1 Å². The number of nitrogen functional groups attached to an aromatic ring is 1. The van der Waals surface area contributed by atoms with E-state index in [1.54, 1.807) is 31.4 Å². The molecule has 5 heteroatoms. The van der Waals surface area contributed by atoms with E-state index in [1.165, 1.54) is 0 Å². The van der Waals surface area contributed by atoms with E-state index in [0.29, 0.717) is 17.8 Å². The van der Waals surface area contributed by atoms with Crippen molar-refractivity contribution in [3.05, 3.63) is 53.3 Å². The molecule has 1 heterocycles. The van der Waals surface area contributed by atoms with E-state index in [9.17, 15) is 4.79 Å². The van der Waals surface area contributed by atoms with Crippen molar-refractivity contribution in [3.63, 3.8) is 0 Å². The molecule has 1 aromatic carbocycles. The Morgan fingerprint density at radius 2 is 2.15 bits per heavy atom. The average Bonchev–Trinajstić information content (AvgIpc) is 2.46. The minimum atomic E-state index is -0.149. The number of rotatable bonds is 4. The van der Waals surface area contributed by atoms with Gasteiger partial charge in [-0.25, -0.2) is 0 Å². The smallest absolute Gasteiger partial charge is 0.251 e. The fraction of sp³-hybridized carbons (Fsp3) is 0.200. The maximum Gasteiger partial charge on any atom is 0.251 e. The van der Waals surface area contributed by atoms with Crippen LogP contribution in [0.2, 0.25) is 0 Å². The van der Waals surface area contributed by atoms with Gasteiger partial charge in [-0.1, -0.05) is 6.07 Å². The summed E-state index contributed by atoms with van der Waals surface area (Å²) < 4.78 is 0. The number of benzene rings is 1. The van der Waals surface area contributed by atoms with Crippen molar-refractivity contribution in [3.8, 4) is 0 Å². The summed E-state index contributed by atoms with van der Waals surface area (Å²) in [6.07, 6.45) is 1.77. The van der Waals surface area contributed by atoms with Crippen molar-refractivity contribution in [2.24, 2.45) is 0 Å². The number of hydrogen-bond acceptors (Lipinski definition) is 4. The maximum absolute atomic E-state index is 11.5. The Kier molecular flexibility index (Phi) is 4.20. The molecule has 0 radical (unpaired) electrons. The molecule has 0 aliphatic heterocycles. The Labute approximate surface area is 118 Å². The quantitative estimate of drug-likeness (QED) is 0.742. The molecule has 2 aromatic rings. The summed E-state index contributed by atoms with van der Waals surface area (Å²) in [7, 11) is 1.59. The van der Waals surface area contributed by atoms with Crippen LogP contribution < -0.4 is 16.4 Å². The van der Waals surface area contributed by atoms with E-state index in [0.717, 1.165) is 16.9 Å². The number of nitrogens with two attached hydrogens (primary N) is 1. The third-order valence-electron chi connectivity index (χ3n) is 3.10. The first-order chi connectivity index (χ1) is 9.61. The molecule has 0 atom stereocenters. The van der Waals surface area contributed by atoms with E-state index >= 15 is 0 Å². The number of aryl methyl sites for hydroxylation is 1. The van der Waals surface area contributed by atoms with Crippen molar-refractivity contribution < 1.29 is 4.79 Å². The summed E-state index contributed by atoms with van der Waals surface area (Å²) in [5.41, 5.74) is 9.93. The van der Waals surface area contributed by atoms with Crippen molar-refractivity contribution in [2.45, 2.75) is 13.5 Å². The Hall–Kier alpha value is -2.56. The molecule has 0 aliphatic carbocycles. The molecule has 4 N–H and O–H groups in total. The van der Waals surface area contributed by atoms with Gasteiger partial charge in [0.2, 0.25) is 0 Å². The molecular weight excluding hydrogens is 252 g/mol. The van der Waals surface area contributed by atoms with Gasteiger partial charge in [0, 0.05) is 18.8 Å². The fourth-order valence-corrected chi connectivity index (χ4v) is 1.89. The molecule has 1 aromatic heterocycles. The zero-order valence-electron chi connectivity index (χ0n) is 11.6. The molecular formula is C15H18N4O. The van der Waals surface area contributed by atoms with E-state index in [-0.39, 0.29) is 5.91 Å². The van der Waals surface area contributed by atoms with Gasteiger partial charge in [-0.05, 0) is 36.8 Å². The van der Waals surface area contributed by atoms with Gasteiger partial charge in [0.15, 0.2) is 0 Å². The first-order valence-electron chi connectivity index (χ1n) is 6.38. The SMILES string of the molecule is CNC(=O)c1ccc(NCc2ncccc2C)c(N)c1. The fourth-order valence-electron chi connectivity index (χ4n) is 1.89. The molecule has 0 unspecified atom stereocenters. The summed E-state index contributed by atoms with van der Waals surface area (Å²) in [6.45, 7) is 2.61. The Balaban J connectivity index is 2.11. The highest BCUT2D eigenvalue weighted by atomic mass is 16.1. The van der Waals surface area contributed by atoms with Crippen LogP contribution in [-0.2, 0) is 6.54 Å². The Morgan fingerprint density at radius 3 is 2.80 bits per heavy atom. The third-order valence-corrected chi connectivity index (χ3v) is 3.10. The lowest BCUT2D eigenvalue weighted by Gasteiger charge is -2.11. The third kappa shape index (κ3) is 3.06. The second-order valence-electron chi connectivity index (χ2n) is 4.50. The number of carbonyl (C=O) groups is 1. The standard InChI is InChI=1S/C15H18N4O/c1-10-4-3-7-18-14(10)9-19-13-6-5-11(8-12(13)16)15(20)17-2/h3-8,19H,9,16H2,1-2H3,(H,17,20). The topological polar surface area (TPSA) is 80.0 Å². The number of nitrogens with zero attached hydrogens (tertiary/aromatic N) is 1. The summed E-state index contributed by atoms with van der Waals surface area (Å²) in [6, 6.07) is 9.13. The highest BCUT2D eigenvalue weighted by molar-refractivity contribution is 5.95. The molecule has 0 fully saturated rings. The first kappa shape index (κ1) is 13.9. The van der Waals surface area contributed by atoms with E-state index < -0.39 is 0 Å². The summed E-state index contributed by atoms with van der Waals surface area (Å²) >= 11 is 0. The van der Waals surface area contributed by atoms with Crippen molar-refractivity contribution in [1.29, 1.82) is 0 Å². The van der Waals surface area contributed by atoms with Gasteiger partial charge in [-0.15, -0.1) is 0 Å². The van der Waals surface area contributed by atoms with Gasteiger partial charge in [-0.3, -0.25) is 9.78 Å². The van der Waals surface area contributed by atoms with Crippen LogP contribution in [0.4, 0.5) is 11.4 Å². The number of aromatic nitrogens is 1. The second kappa shape index (κ2) is 6.06. The average molecular weight is 270 g/mol. The van der Waals surface area contributed by atoms with Gasteiger partial charge in [0.1, 0.15) is 0 Å². The van der Waals surface area contributed by atoms with E-state index in [1.807, 2.05) is 19.1 Å². The molecule has 104 valence electrons. The molecule has 5 nitrogen and oxygen atoms in total. The highest BCUT2D eigenvalue weighted by Crippen LogP contribution is 2.20. The number of pyridine rings is 1. The molecule has 0 spiro atoms. The van der Waals surface area contributed by atoms with Crippen molar-refractivity contribution >= 4 is 17.3 Å². The molecule has 0 saturated carbocycles. The van der Waals surface area contributed by atoms with E-state index in [4.69, 9.17) is 5.73 Å². The Bertz CT molecular complexity index is 625. The molecule has 20 heavy (non-hydrogen) atoms. The van der Waals surface area contributed by atoms with Crippen LogP contribution in [0.5, 0.6) is 0 Å². The number of hydrogen-bond donors (Lipinski definition) is 3. The lowest BCUT2D eigenvalue weighted by atomic mass is 10.1. The number of amides is 1. The van der Waals surface area contributed by atoms with Crippen LogP contribution in [0.3, 0.4) is 0 Å². The predicted molar refractivity (Wildman–Crippen MR) is 80.5 cm³/mol. The van der Waals surface area contributed by atoms with Crippen LogP contribution in [0, 0.1) is 6.92 Å². The van der Waals surface area contributed by atoms with Gasteiger partial charge < -0.3 is 16.4 Å². The van der Waals surface area contributed by atoms with E-state index in [2.05, 4.69) is 15.6 Å². The summed E-state index contributed by atoms with van der Waals surface area (Å²) in [4.78, 5) is 15.8. The van der Waals surface area contributed by atoms with Crippen LogP contribution >= 0.6 is 0 Å². The van der Waals surface area contributed by atoms with Gasteiger partial charge in [0.05, 0.1) is 23.6 Å². The number of nitrogens with one attached hydrogen (secondary N) is 2. The minimum Gasteiger partial charge on any atom is -0.397 e. The van der Waals surface area contributed by atoms with Crippen LogP contribution in [0.25, 0.3) is 0 Å². The predicted octanol–water partition coefficient (Wildman–Crippen LogP) is 1.94. The summed E-state index contributed by atoms with van der Waals surface area (Å²) in [5, 5.41) is 5.80. The molecule has 2 rings (SSSR count). The largest absolute Gasteiger partial charge is 0.397 e. The second-order valence-corrected chi connectivity index (χ2v) is 4.50. The van der Waals surface area contributed by atoms with Crippen LogP contribution in [0.1, 0.15) is 21.6 Å². The highest BCUT2D eigenvalue weighted by Gasteiger charge is 2.07. The van der Waals surface area contributed by atoms with Crippen molar-refractivity contribution in [1.82, 2.24) is 10.3 Å². The lowest BCUT2D eigenvalue weighted by Crippen LogP contribution is -2.18. The van der Waals surface area contributed by atoms with Gasteiger partial charge >= 0.3 is 0 Å². The molecule has 0 saturated heterocycles. The van der Waals surface area contributed by atoms with Crippen LogP contribution in [0.15, 0.2) is 36.5 Å². The van der Waals surface area contributed by atoms with Gasteiger partial charge in [0.25, 0.3) is 5.91 Å². The molecule has 0 bridgehead atoms. The zero-order valence-corrected chi connectivity index (χ0v) is 11.6. The molecule has 0 aliphatic rings. The summed E-state index contributed by atoms with van der Waals surface area (Å²) in [5.74, 6) is -0.149. The first-order valence-corrected chi connectivity index (χ1v) is 6.38. The maximum atomic E-state index is 11.5. The number of anilines is 2. The zero-order chi connectivity index (χ0) is 14.5. The monoisotopic (exact) mass is 270 g/mol. The molecule has 1 amide bonds. The lowest BCUT2D eigenvalue weighted by molar-refractivity contribution is 0.0963. The van der Waals surface area contributed by atoms with Gasteiger partial charge in [-0.2, -0.15) is 0 Å². The minimum absolute atomic E-state index is 0.149. The normalized spacial score (nSPS) is 10.1. The Morgan fingerprint density at radius 1 is 1.35 bits per heavy atom. The number of carbonyl (C=O) groups excluding carboxylic acids is 1. The van der Waals surface area contributed by atoms with Crippen LogP contribution in [-0.4, -0.2) is 17.9 Å².